The van der Waals surface area contributed by atoms with Crippen molar-refractivity contribution >= 4 is 59.3 Å². The van der Waals surface area contributed by atoms with Gasteiger partial charge in [0.25, 0.3) is 0 Å². The van der Waals surface area contributed by atoms with Crippen molar-refractivity contribution in [1.29, 1.82) is 0 Å². The molecular weight excluding hydrogens is 179 g/mol. The van der Waals surface area contributed by atoms with Gasteiger partial charge < -0.3 is 0 Å². The Hall–Kier alpha value is 3.04. The van der Waals surface area contributed by atoms with E-state index in [4.69, 9.17) is 0 Å². The Balaban J connectivity index is 0. The van der Waals surface area contributed by atoms with Crippen LogP contribution in [0, 0.1) is 0 Å². The van der Waals surface area contributed by atoms with Crippen LogP contribution < -0.4 is 0 Å². The van der Waals surface area contributed by atoms with Gasteiger partial charge in [-0.2, -0.15) is 0 Å². The molecular formula is H6AlLiMgMnZn. The van der Waals surface area contributed by atoms with Gasteiger partial charge in [-0.25, -0.2) is 0 Å². The van der Waals surface area contributed by atoms with Gasteiger partial charge in [-0.3, -0.25) is 0 Å². The van der Waals surface area contributed by atoms with E-state index in [1.807, 2.05) is 0 Å². The zero-order chi connectivity index (χ0) is 0. The molecule has 5 heteroatoms. The molecule has 0 unspecified atom stereocenters. The third kappa shape index (κ3) is 19.4. The molecule has 0 N–H and O–H groups in total. The summed E-state index contributed by atoms with van der Waals surface area (Å²) in [6.45, 7) is 0. The van der Waals surface area contributed by atoms with Gasteiger partial charge in [0.1, 0.15) is 0 Å². The van der Waals surface area contributed by atoms with Crippen molar-refractivity contribution < 1.29 is 36.5 Å². The van der Waals surface area contributed by atoms with Gasteiger partial charge in [0.2, 0.25) is 0 Å². The molecule has 1 radical (unpaired) electrons. The van der Waals surface area contributed by atoms with Gasteiger partial charge in [0, 0.05) is 36.5 Å². The maximum Gasteiger partial charge on any atom is 0.316 e. The van der Waals surface area contributed by atoms with E-state index in [0.29, 0.717) is 0 Å². The molecule has 0 rings (SSSR count). The number of hydrogen-bond donors (Lipinski definition) is 0. The van der Waals surface area contributed by atoms with Crippen molar-refractivity contribution in [3.63, 3.8) is 0 Å². The molecule has 0 fully saturated rings. The average molecular weight is 185 g/mol. The van der Waals surface area contributed by atoms with Crippen molar-refractivity contribution in [2.45, 2.75) is 0 Å². The van der Waals surface area contributed by atoms with Crippen LogP contribution in [-0.4, -0.2) is 59.3 Å². The van der Waals surface area contributed by atoms with E-state index in [-0.39, 0.29) is 95.8 Å². The Kier molecular flexibility index (Phi) is 240. The molecule has 0 atom stereocenters. The SMILES string of the molecule is [AlH3].[LiH].[MgH2].[Mn].[Zn]. The number of hydrogen-bond acceptors (Lipinski definition) is 0. The molecule has 0 heterocycles. The van der Waals surface area contributed by atoms with Crippen molar-refractivity contribution in [2.75, 3.05) is 0 Å². The van der Waals surface area contributed by atoms with Crippen LogP contribution in [0.5, 0.6) is 0 Å². The van der Waals surface area contributed by atoms with Crippen molar-refractivity contribution in [3.8, 4) is 0 Å². The second kappa shape index (κ2) is 27.8. The molecule has 0 aliphatic heterocycles. The molecule has 0 aromatic carbocycles. The van der Waals surface area contributed by atoms with Gasteiger partial charge in [-0.1, -0.05) is 0 Å². The first-order valence-corrected chi connectivity index (χ1v) is 0. The quantitative estimate of drug-likeness (QED) is 0.358. The summed E-state index contributed by atoms with van der Waals surface area (Å²) >= 11 is 0. The van der Waals surface area contributed by atoms with Gasteiger partial charge >= 0.3 is 41.9 Å². The van der Waals surface area contributed by atoms with E-state index in [9.17, 15) is 0 Å². The summed E-state index contributed by atoms with van der Waals surface area (Å²) in [5.74, 6) is 0. The first kappa shape index (κ1) is 43.1. The van der Waals surface area contributed by atoms with Gasteiger partial charge in [-0.15, -0.1) is 0 Å². The van der Waals surface area contributed by atoms with Crippen molar-refractivity contribution in [1.82, 2.24) is 0 Å². The zero-order valence-corrected chi connectivity index (χ0v) is 5.23. The van der Waals surface area contributed by atoms with Crippen LogP contribution in [0.2, 0.25) is 0 Å². The molecule has 0 aliphatic carbocycles. The third-order valence-electron chi connectivity index (χ3n) is 0. The fourth-order valence-electron chi connectivity index (χ4n) is 0. The van der Waals surface area contributed by atoms with Crippen LogP contribution in [0.15, 0.2) is 0 Å². The Bertz CT molecular complexity index is 11.6. The van der Waals surface area contributed by atoms with E-state index in [0.717, 1.165) is 0 Å². The summed E-state index contributed by atoms with van der Waals surface area (Å²) in [4.78, 5) is 0. The van der Waals surface area contributed by atoms with E-state index in [1.165, 1.54) is 0 Å². The van der Waals surface area contributed by atoms with Crippen LogP contribution in [0.3, 0.4) is 0 Å². The fourth-order valence-corrected chi connectivity index (χ4v) is 0. The van der Waals surface area contributed by atoms with Crippen LogP contribution in [0.4, 0.5) is 0 Å². The molecule has 0 aromatic heterocycles. The largest absolute Gasteiger partial charge is 0.316 e. The third-order valence-corrected chi connectivity index (χ3v) is 0. The minimum atomic E-state index is 0. The molecule has 21 valence electrons. The molecule has 0 saturated carbocycles. The monoisotopic (exact) mass is 183 g/mol. The van der Waals surface area contributed by atoms with Gasteiger partial charge in [-0.05, 0) is 0 Å². The van der Waals surface area contributed by atoms with Crippen molar-refractivity contribution in [3.05, 3.63) is 0 Å². The van der Waals surface area contributed by atoms with Gasteiger partial charge in [0.15, 0.2) is 17.4 Å². The molecule has 0 aromatic rings. The summed E-state index contributed by atoms with van der Waals surface area (Å²) in [5, 5.41) is 0. The molecule has 0 bridgehead atoms. The first-order chi connectivity index (χ1) is 0. The Morgan fingerprint density at radius 3 is 1.00 bits per heavy atom. The second-order valence-electron chi connectivity index (χ2n) is 0. The normalized spacial score (nSPS) is 0. The maximum atomic E-state index is 0. The summed E-state index contributed by atoms with van der Waals surface area (Å²) in [6.07, 6.45) is 0. The predicted octanol–water partition coefficient (Wildman–Crippen LogP) is -2.75. The average Bonchev–Trinajstić information content (AvgIpc) is 0. The molecule has 0 amide bonds. The van der Waals surface area contributed by atoms with E-state index < -0.39 is 0 Å². The predicted molar refractivity (Wildman–Crippen MR) is 25.6 cm³/mol. The number of rotatable bonds is 0. The van der Waals surface area contributed by atoms with E-state index >= 15 is 0 Å². The molecule has 0 nitrogen and oxygen atoms in total. The standard InChI is InChI=1S/Al.Li.Mg.Mn.Zn.6H. The molecule has 5 heavy (non-hydrogen) atoms. The van der Waals surface area contributed by atoms with Crippen molar-refractivity contribution in [2.24, 2.45) is 0 Å². The fraction of sp³-hybridized carbons (Fsp3) is 0. The molecule has 0 saturated heterocycles. The topological polar surface area (TPSA) is 0 Å². The maximum absolute atomic E-state index is 0. The van der Waals surface area contributed by atoms with Crippen LogP contribution in [-0.2, 0) is 36.5 Å². The smallest absolute Gasteiger partial charge is 0 e. The Morgan fingerprint density at radius 1 is 1.00 bits per heavy atom. The molecule has 0 spiro atoms. The zero-order valence-electron chi connectivity index (χ0n) is 1.09. The summed E-state index contributed by atoms with van der Waals surface area (Å²) in [7, 11) is 0. The second-order valence-corrected chi connectivity index (χ2v) is 0. The van der Waals surface area contributed by atoms with Gasteiger partial charge in [0.05, 0.1) is 0 Å². The van der Waals surface area contributed by atoms with Crippen LogP contribution >= 0.6 is 0 Å². The minimum Gasteiger partial charge on any atom is 0 e. The minimum absolute atomic E-state index is 0. The van der Waals surface area contributed by atoms with Crippen LogP contribution in [0.1, 0.15) is 0 Å². The Labute approximate surface area is 94.3 Å². The Morgan fingerprint density at radius 2 is 1.00 bits per heavy atom. The summed E-state index contributed by atoms with van der Waals surface area (Å²) < 4.78 is 0. The first-order valence-electron chi connectivity index (χ1n) is 0. The van der Waals surface area contributed by atoms with E-state index in [1.54, 1.807) is 0 Å². The van der Waals surface area contributed by atoms with E-state index in [2.05, 4.69) is 0 Å². The summed E-state index contributed by atoms with van der Waals surface area (Å²) in [5.41, 5.74) is 0. The summed E-state index contributed by atoms with van der Waals surface area (Å²) in [6, 6.07) is 0. The van der Waals surface area contributed by atoms with Crippen LogP contribution in [0.25, 0.3) is 0 Å². The molecule has 0 aliphatic rings.